The molecule has 23 heavy (non-hydrogen) atoms. The van der Waals surface area contributed by atoms with E-state index in [1.807, 2.05) is 23.6 Å². The molecule has 0 unspecified atom stereocenters. The van der Waals surface area contributed by atoms with Crippen molar-refractivity contribution in [2.24, 2.45) is 0 Å². The van der Waals surface area contributed by atoms with Crippen LogP contribution in [0.2, 0.25) is 0 Å². The number of hydrogen-bond donors (Lipinski definition) is 1. The van der Waals surface area contributed by atoms with E-state index in [4.69, 9.17) is 4.42 Å². The van der Waals surface area contributed by atoms with E-state index in [1.165, 1.54) is 4.90 Å². The number of nitrogens with one attached hydrogen (secondary N) is 1. The van der Waals surface area contributed by atoms with Crippen molar-refractivity contribution in [1.82, 2.24) is 15.0 Å². The summed E-state index contributed by atoms with van der Waals surface area (Å²) < 4.78 is 5.60. The highest BCUT2D eigenvalue weighted by Crippen LogP contribution is 2.23. The van der Waals surface area contributed by atoms with Crippen LogP contribution in [0.15, 0.2) is 46.7 Å². The van der Waals surface area contributed by atoms with Crippen LogP contribution >= 0.6 is 11.3 Å². The standard InChI is InChI=1S/C16H17N5OS/c1-3-14(23-10-1)15-19-13(12-22-15)11-20-6-8-21(9-7-20)16-17-4-2-5-18-16/h1-5,10,12H,6-9,11H2/p+1. The Morgan fingerprint density at radius 3 is 2.74 bits per heavy atom. The van der Waals surface area contributed by atoms with Gasteiger partial charge in [0.15, 0.2) is 0 Å². The summed E-state index contributed by atoms with van der Waals surface area (Å²) >= 11 is 1.65. The number of quaternary nitrogens is 1. The number of thiophene rings is 1. The molecule has 6 nitrogen and oxygen atoms in total. The maximum atomic E-state index is 5.60. The summed E-state index contributed by atoms with van der Waals surface area (Å²) in [6.45, 7) is 4.95. The first-order valence-corrected chi connectivity index (χ1v) is 8.60. The molecule has 0 spiro atoms. The lowest BCUT2D eigenvalue weighted by Gasteiger charge is -2.31. The molecule has 0 aromatic carbocycles. The maximum absolute atomic E-state index is 5.60. The van der Waals surface area contributed by atoms with Crippen LogP contribution in [0.1, 0.15) is 5.69 Å². The van der Waals surface area contributed by atoms with E-state index in [1.54, 1.807) is 30.0 Å². The molecule has 3 aromatic heterocycles. The lowest BCUT2D eigenvalue weighted by Crippen LogP contribution is -3.13. The second-order valence-corrected chi connectivity index (χ2v) is 6.53. The first-order chi connectivity index (χ1) is 11.4. The lowest BCUT2D eigenvalue weighted by molar-refractivity contribution is -0.914. The third-order valence-electron chi connectivity index (χ3n) is 4.02. The van der Waals surface area contributed by atoms with Gasteiger partial charge in [-0.15, -0.1) is 11.3 Å². The number of hydrogen-bond acceptors (Lipinski definition) is 6. The summed E-state index contributed by atoms with van der Waals surface area (Å²) in [4.78, 5) is 18.1. The van der Waals surface area contributed by atoms with E-state index in [9.17, 15) is 0 Å². The van der Waals surface area contributed by atoms with Crippen molar-refractivity contribution in [2.45, 2.75) is 6.54 Å². The maximum Gasteiger partial charge on any atom is 0.236 e. The smallest absolute Gasteiger partial charge is 0.236 e. The van der Waals surface area contributed by atoms with Gasteiger partial charge in [-0.25, -0.2) is 15.0 Å². The van der Waals surface area contributed by atoms with E-state index in [0.29, 0.717) is 0 Å². The van der Waals surface area contributed by atoms with Gasteiger partial charge >= 0.3 is 0 Å². The molecule has 3 aromatic rings. The molecule has 0 bridgehead atoms. The minimum absolute atomic E-state index is 0.728. The number of nitrogens with zero attached hydrogens (tertiary/aromatic N) is 4. The van der Waals surface area contributed by atoms with Crippen molar-refractivity contribution in [1.29, 1.82) is 0 Å². The van der Waals surface area contributed by atoms with Gasteiger partial charge in [-0.3, -0.25) is 0 Å². The average Bonchev–Trinajstić information content (AvgIpc) is 3.28. The summed E-state index contributed by atoms with van der Waals surface area (Å²) in [6.07, 6.45) is 5.38. The molecule has 1 aliphatic heterocycles. The van der Waals surface area contributed by atoms with E-state index in [0.717, 1.165) is 55.1 Å². The third-order valence-corrected chi connectivity index (χ3v) is 4.88. The predicted molar refractivity (Wildman–Crippen MR) is 88.5 cm³/mol. The van der Waals surface area contributed by atoms with Crippen LogP contribution in [0.25, 0.3) is 10.8 Å². The summed E-state index contributed by atoms with van der Waals surface area (Å²) in [7, 11) is 0. The van der Waals surface area contributed by atoms with Gasteiger partial charge in [0.1, 0.15) is 18.5 Å². The van der Waals surface area contributed by atoms with Gasteiger partial charge in [0.25, 0.3) is 0 Å². The van der Waals surface area contributed by atoms with Crippen LogP contribution in [0.4, 0.5) is 5.95 Å². The average molecular weight is 328 g/mol. The second-order valence-electron chi connectivity index (χ2n) is 5.58. The van der Waals surface area contributed by atoms with Gasteiger partial charge in [-0.1, -0.05) is 6.07 Å². The lowest BCUT2D eigenvalue weighted by atomic mass is 10.3. The molecule has 0 atom stereocenters. The molecule has 4 heterocycles. The highest BCUT2D eigenvalue weighted by Gasteiger charge is 2.22. The first kappa shape index (κ1) is 14.3. The molecule has 1 saturated heterocycles. The zero-order chi connectivity index (χ0) is 15.5. The molecule has 0 radical (unpaired) electrons. The van der Waals surface area contributed by atoms with Gasteiger partial charge in [0.05, 0.1) is 31.1 Å². The van der Waals surface area contributed by atoms with Gasteiger partial charge in [0, 0.05) is 12.4 Å². The molecule has 1 aliphatic rings. The van der Waals surface area contributed by atoms with Crippen molar-refractivity contribution >= 4 is 17.3 Å². The molecule has 1 fully saturated rings. The summed E-state index contributed by atoms with van der Waals surface area (Å²) in [5.41, 5.74) is 1.02. The Labute approximate surface area is 138 Å². The largest absolute Gasteiger partial charge is 0.443 e. The Bertz CT molecular complexity index is 735. The number of aromatic nitrogens is 3. The Morgan fingerprint density at radius 1 is 1.17 bits per heavy atom. The quantitative estimate of drug-likeness (QED) is 0.777. The molecule has 7 heteroatoms. The van der Waals surface area contributed by atoms with Gasteiger partial charge in [0.2, 0.25) is 11.8 Å². The molecule has 0 amide bonds. The minimum atomic E-state index is 0.728. The van der Waals surface area contributed by atoms with Crippen molar-refractivity contribution in [3.05, 3.63) is 47.9 Å². The van der Waals surface area contributed by atoms with Gasteiger partial charge in [-0.05, 0) is 17.5 Å². The fourth-order valence-electron chi connectivity index (χ4n) is 2.81. The topological polar surface area (TPSA) is 59.5 Å². The molecule has 0 aliphatic carbocycles. The van der Waals surface area contributed by atoms with Crippen molar-refractivity contribution < 1.29 is 9.32 Å². The van der Waals surface area contributed by atoms with Gasteiger partial charge < -0.3 is 14.2 Å². The van der Waals surface area contributed by atoms with Crippen LogP contribution < -0.4 is 9.80 Å². The molecular weight excluding hydrogens is 310 g/mol. The Balaban J connectivity index is 1.35. The molecular formula is C16H18N5OS+. The highest BCUT2D eigenvalue weighted by atomic mass is 32.1. The van der Waals surface area contributed by atoms with Gasteiger partial charge in [-0.2, -0.15) is 0 Å². The van der Waals surface area contributed by atoms with E-state index in [-0.39, 0.29) is 0 Å². The Morgan fingerprint density at radius 2 is 2.00 bits per heavy atom. The number of oxazole rings is 1. The second kappa shape index (κ2) is 6.47. The van der Waals surface area contributed by atoms with Crippen LogP contribution in [0.5, 0.6) is 0 Å². The first-order valence-electron chi connectivity index (χ1n) is 7.72. The monoisotopic (exact) mass is 328 g/mol. The minimum Gasteiger partial charge on any atom is -0.443 e. The fourth-order valence-corrected chi connectivity index (χ4v) is 3.47. The molecule has 4 rings (SSSR count). The Hall–Kier alpha value is -2.25. The Kier molecular flexibility index (Phi) is 4.04. The van der Waals surface area contributed by atoms with E-state index >= 15 is 0 Å². The fraction of sp³-hybridized carbons (Fsp3) is 0.312. The number of anilines is 1. The summed E-state index contributed by atoms with van der Waals surface area (Å²) in [5.74, 6) is 1.55. The molecule has 118 valence electrons. The third kappa shape index (κ3) is 3.25. The SMILES string of the molecule is c1cnc(N2CC[NH+](Cc3coc(-c4cccs4)n3)CC2)nc1. The summed E-state index contributed by atoms with van der Waals surface area (Å²) in [6, 6.07) is 5.90. The predicted octanol–water partition coefficient (Wildman–Crippen LogP) is 1.10. The zero-order valence-electron chi connectivity index (χ0n) is 12.7. The molecule has 1 N–H and O–H groups in total. The van der Waals surface area contributed by atoms with Crippen molar-refractivity contribution in [2.75, 3.05) is 31.1 Å². The van der Waals surface area contributed by atoms with Crippen LogP contribution in [-0.2, 0) is 6.54 Å². The van der Waals surface area contributed by atoms with Crippen LogP contribution in [0, 0.1) is 0 Å². The van der Waals surface area contributed by atoms with Crippen molar-refractivity contribution in [3.8, 4) is 10.8 Å². The number of piperazine rings is 1. The molecule has 0 saturated carbocycles. The van der Waals surface area contributed by atoms with E-state index in [2.05, 4.69) is 19.9 Å². The zero-order valence-corrected chi connectivity index (χ0v) is 13.5. The normalized spacial score (nSPS) is 15.9. The van der Waals surface area contributed by atoms with Crippen LogP contribution in [-0.4, -0.2) is 41.1 Å². The highest BCUT2D eigenvalue weighted by molar-refractivity contribution is 7.13. The summed E-state index contributed by atoms with van der Waals surface area (Å²) in [5, 5.41) is 2.04. The van der Waals surface area contributed by atoms with Crippen molar-refractivity contribution in [3.63, 3.8) is 0 Å². The number of rotatable bonds is 4. The van der Waals surface area contributed by atoms with E-state index < -0.39 is 0 Å². The van der Waals surface area contributed by atoms with Crippen LogP contribution in [0.3, 0.4) is 0 Å².